The summed E-state index contributed by atoms with van der Waals surface area (Å²) < 4.78 is 0. The van der Waals surface area contributed by atoms with Crippen molar-refractivity contribution in [2.45, 2.75) is 20.3 Å². The maximum Gasteiger partial charge on any atom is 0.0684 e. The van der Waals surface area contributed by atoms with Gasteiger partial charge < -0.3 is 10.2 Å². The average molecular weight is 183 g/mol. The van der Waals surface area contributed by atoms with Crippen molar-refractivity contribution in [3.8, 4) is 6.07 Å². The van der Waals surface area contributed by atoms with Gasteiger partial charge in [0.2, 0.25) is 0 Å². The zero-order valence-electron chi connectivity index (χ0n) is 9.22. The SMILES string of the molecule is CNCCN(C)CCC(C)(C)C#N. The first-order chi connectivity index (χ1) is 6.02. The van der Waals surface area contributed by atoms with Gasteiger partial charge in [0.15, 0.2) is 0 Å². The number of likely N-dealkylation sites (N-methyl/N-ethyl adjacent to an activating group) is 2. The van der Waals surface area contributed by atoms with Crippen LogP contribution in [-0.4, -0.2) is 38.6 Å². The minimum atomic E-state index is -0.187. The average Bonchev–Trinajstić information content (AvgIpc) is 2.11. The lowest BCUT2D eigenvalue weighted by Gasteiger charge is -2.21. The van der Waals surface area contributed by atoms with Crippen molar-refractivity contribution in [3.05, 3.63) is 0 Å². The summed E-state index contributed by atoms with van der Waals surface area (Å²) in [5.74, 6) is 0. The van der Waals surface area contributed by atoms with E-state index in [0.717, 1.165) is 26.1 Å². The van der Waals surface area contributed by atoms with Crippen LogP contribution in [0.25, 0.3) is 0 Å². The van der Waals surface area contributed by atoms with E-state index in [1.54, 1.807) is 0 Å². The Hall–Kier alpha value is -0.590. The fourth-order valence-corrected chi connectivity index (χ4v) is 0.941. The van der Waals surface area contributed by atoms with Crippen LogP contribution in [0.15, 0.2) is 0 Å². The molecule has 0 aliphatic rings. The summed E-state index contributed by atoms with van der Waals surface area (Å²) in [6.07, 6.45) is 0.934. The molecule has 0 spiro atoms. The van der Waals surface area contributed by atoms with Gasteiger partial charge in [-0.3, -0.25) is 0 Å². The molecule has 3 nitrogen and oxygen atoms in total. The summed E-state index contributed by atoms with van der Waals surface area (Å²) >= 11 is 0. The summed E-state index contributed by atoms with van der Waals surface area (Å²) in [4.78, 5) is 2.25. The maximum atomic E-state index is 8.80. The number of nitriles is 1. The lowest BCUT2D eigenvalue weighted by molar-refractivity contribution is 0.288. The predicted octanol–water partition coefficient (Wildman–Crippen LogP) is 1.08. The molecular weight excluding hydrogens is 162 g/mol. The Kier molecular flexibility index (Phi) is 5.68. The van der Waals surface area contributed by atoms with E-state index in [4.69, 9.17) is 5.26 Å². The summed E-state index contributed by atoms with van der Waals surface area (Å²) in [6.45, 7) is 7.00. The lowest BCUT2D eigenvalue weighted by Crippen LogP contribution is -2.30. The standard InChI is InChI=1S/C10H21N3/c1-10(2,9-11)5-7-13(4)8-6-12-3/h12H,5-8H2,1-4H3. The smallest absolute Gasteiger partial charge is 0.0684 e. The Morgan fingerprint density at radius 1 is 1.38 bits per heavy atom. The Morgan fingerprint density at radius 2 is 2.00 bits per heavy atom. The van der Waals surface area contributed by atoms with Gasteiger partial charge in [-0.05, 0) is 40.9 Å². The van der Waals surface area contributed by atoms with Gasteiger partial charge in [0.05, 0.1) is 11.5 Å². The lowest BCUT2D eigenvalue weighted by atomic mass is 9.91. The molecule has 0 atom stereocenters. The molecule has 1 N–H and O–H groups in total. The second kappa shape index (κ2) is 5.95. The molecule has 3 heteroatoms. The Balaban J connectivity index is 3.58. The van der Waals surface area contributed by atoms with E-state index in [9.17, 15) is 0 Å². The van der Waals surface area contributed by atoms with Gasteiger partial charge in [-0.15, -0.1) is 0 Å². The molecule has 0 amide bonds. The summed E-state index contributed by atoms with van der Waals surface area (Å²) in [5.41, 5.74) is -0.187. The maximum absolute atomic E-state index is 8.80. The van der Waals surface area contributed by atoms with Crippen LogP contribution in [0, 0.1) is 16.7 Å². The molecular formula is C10H21N3. The van der Waals surface area contributed by atoms with Crippen LogP contribution in [0.5, 0.6) is 0 Å². The quantitative estimate of drug-likeness (QED) is 0.669. The zero-order chi connectivity index (χ0) is 10.3. The van der Waals surface area contributed by atoms with Crippen LogP contribution in [0.2, 0.25) is 0 Å². The molecule has 0 aliphatic heterocycles. The monoisotopic (exact) mass is 183 g/mol. The van der Waals surface area contributed by atoms with Crippen LogP contribution in [0.3, 0.4) is 0 Å². The van der Waals surface area contributed by atoms with Gasteiger partial charge in [-0.2, -0.15) is 5.26 Å². The normalized spacial score (nSPS) is 11.7. The highest BCUT2D eigenvalue weighted by Gasteiger charge is 2.16. The molecule has 0 radical (unpaired) electrons. The second-order valence-corrected chi connectivity index (χ2v) is 4.15. The van der Waals surface area contributed by atoms with E-state index in [1.807, 2.05) is 20.9 Å². The van der Waals surface area contributed by atoms with E-state index in [1.165, 1.54) is 0 Å². The van der Waals surface area contributed by atoms with E-state index in [0.29, 0.717) is 0 Å². The molecule has 0 aromatic carbocycles. The van der Waals surface area contributed by atoms with Crippen LogP contribution in [0.4, 0.5) is 0 Å². The molecule has 13 heavy (non-hydrogen) atoms. The predicted molar refractivity (Wildman–Crippen MR) is 55.4 cm³/mol. The molecule has 0 fully saturated rings. The van der Waals surface area contributed by atoms with Crippen molar-refractivity contribution >= 4 is 0 Å². The van der Waals surface area contributed by atoms with Gasteiger partial charge in [0.1, 0.15) is 0 Å². The van der Waals surface area contributed by atoms with Crippen LogP contribution < -0.4 is 5.32 Å². The van der Waals surface area contributed by atoms with E-state index in [2.05, 4.69) is 23.3 Å². The molecule has 0 saturated carbocycles. The molecule has 0 aromatic heterocycles. The number of nitrogens with zero attached hydrogens (tertiary/aromatic N) is 2. The highest BCUT2D eigenvalue weighted by atomic mass is 15.1. The fourth-order valence-electron chi connectivity index (χ4n) is 0.941. The Labute approximate surface area is 81.7 Å². The third-order valence-corrected chi connectivity index (χ3v) is 2.16. The molecule has 0 rings (SSSR count). The van der Waals surface area contributed by atoms with Crippen molar-refractivity contribution in [1.29, 1.82) is 5.26 Å². The molecule has 76 valence electrons. The van der Waals surface area contributed by atoms with E-state index in [-0.39, 0.29) is 5.41 Å². The second-order valence-electron chi connectivity index (χ2n) is 4.15. The topological polar surface area (TPSA) is 39.1 Å². The highest BCUT2D eigenvalue weighted by Crippen LogP contribution is 2.18. The minimum absolute atomic E-state index is 0.187. The molecule has 0 bridgehead atoms. The molecule has 0 aliphatic carbocycles. The molecule has 0 heterocycles. The Bertz CT molecular complexity index is 169. The molecule has 0 aromatic rings. The zero-order valence-corrected chi connectivity index (χ0v) is 9.22. The van der Waals surface area contributed by atoms with Gasteiger partial charge in [-0.25, -0.2) is 0 Å². The Morgan fingerprint density at radius 3 is 2.46 bits per heavy atom. The van der Waals surface area contributed by atoms with E-state index >= 15 is 0 Å². The van der Waals surface area contributed by atoms with E-state index < -0.39 is 0 Å². The van der Waals surface area contributed by atoms with Gasteiger partial charge in [-0.1, -0.05) is 0 Å². The summed E-state index contributed by atoms with van der Waals surface area (Å²) in [6, 6.07) is 2.31. The number of hydrogen-bond acceptors (Lipinski definition) is 3. The van der Waals surface area contributed by atoms with Crippen molar-refractivity contribution in [1.82, 2.24) is 10.2 Å². The third kappa shape index (κ3) is 6.56. The van der Waals surface area contributed by atoms with Crippen molar-refractivity contribution in [2.75, 3.05) is 33.7 Å². The van der Waals surface area contributed by atoms with Gasteiger partial charge in [0.25, 0.3) is 0 Å². The van der Waals surface area contributed by atoms with Crippen LogP contribution in [-0.2, 0) is 0 Å². The molecule has 0 saturated heterocycles. The summed E-state index contributed by atoms with van der Waals surface area (Å²) in [5, 5.41) is 11.9. The first-order valence-electron chi connectivity index (χ1n) is 4.76. The number of nitrogens with one attached hydrogen (secondary N) is 1. The highest BCUT2D eigenvalue weighted by molar-refractivity contribution is 4.91. The number of hydrogen-bond donors (Lipinski definition) is 1. The van der Waals surface area contributed by atoms with Crippen molar-refractivity contribution < 1.29 is 0 Å². The van der Waals surface area contributed by atoms with Crippen LogP contribution >= 0.6 is 0 Å². The molecule has 0 unspecified atom stereocenters. The fraction of sp³-hybridized carbons (Fsp3) is 0.900. The van der Waals surface area contributed by atoms with Crippen molar-refractivity contribution in [3.63, 3.8) is 0 Å². The first kappa shape index (κ1) is 12.4. The van der Waals surface area contributed by atoms with Crippen molar-refractivity contribution in [2.24, 2.45) is 5.41 Å². The third-order valence-electron chi connectivity index (χ3n) is 2.16. The number of rotatable bonds is 6. The first-order valence-corrected chi connectivity index (χ1v) is 4.76. The van der Waals surface area contributed by atoms with Gasteiger partial charge in [0, 0.05) is 13.1 Å². The van der Waals surface area contributed by atoms with Gasteiger partial charge >= 0.3 is 0 Å². The minimum Gasteiger partial charge on any atom is -0.318 e. The van der Waals surface area contributed by atoms with Crippen LogP contribution in [0.1, 0.15) is 20.3 Å². The summed E-state index contributed by atoms with van der Waals surface area (Å²) in [7, 11) is 4.04. The largest absolute Gasteiger partial charge is 0.318 e.